The second-order valence-corrected chi connectivity index (χ2v) is 1.66. The molecule has 4 N–H and O–H groups in total. The molecule has 3 heteroatoms. The van der Waals surface area contributed by atoms with Crippen LogP contribution in [0.4, 0.5) is 5.69 Å². The van der Waals surface area contributed by atoms with Crippen molar-refractivity contribution in [2.24, 2.45) is 5.90 Å². The van der Waals surface area contributed by atoms with Crippen molar-refractivity contribution in [3.63, 3.8) is 0 Å². The van der Waals surface area contributed by atoms with E-state index in [1.54, 1.807) is 18.2 Å². The van der Waals surface area contributed by atoms with Crippen molar-refractivity contribution in [1.29, 1.82) is 0 Å². The van der Waals surface area contributed by atoms with E-state index in [2.05, 4.69) is 4.84 Å². The average Bonchev–Trinajstić information content (AvgIpc) is 1.89. The number of hydrogen-bond donors (Lipinski definition) is 2. The fourth-order valence-electron chi connectivity index (χ4n) is 0.588. The number of benzene rings is 1. The predicted octanol–water partition coefficient (Wildman–Crippen LogP) is 0.521. The zero-order chi connectivity index (χ0) is 6.69. The molecule has 1 rings (SSSR count). The molecule has 0 saturated heterocycles. The van der Waals surface area contributed by atoms with E-state index in [1.165, 1.54) is 0 Å². The number of hydrogen-bond acceptors (Lipinski definition) is 3. The highest BCUT2D eigenvalue weighted by Gasteiger charge is 1.92. The molecule has 9 heavy (non-hydrogen) atoms. The monoisotopic (exact) mass is 124 g/mol. The molecule has 3 nitrogen and oxygen atoms in total. The van der Waals surface area contributed by atoms with Gasteiger partial charge in [-0.1, -0.05) is 12.1 Å². The Balaban J connectivity index is 3.01. The van der Waals surface area contributed by atoms with Gasteiger partial charge in [-0.05, 0) is 12.1 Å². The van der Waals surface area contributed by atoms with Gasteiger partial charge in [-0.3, -0.25) is 0 Å². The third-order valence-electron chi connectivity index (χ3n) is 1.05. The van der Waals surface area contributed by atoms with E-state index in [0.717, 1.165) is 0 Å². The van der Waals surface area contributed by atoms with E-state index in [-0.39, 0.29) is 0 Å². The van der Waals surface area contributed by atoms with Crippen LogP contribution in [-0.4, -0.2) is 0 Å². The summed E-state index contributed by atoms with van der Waals surface area (Å²) in [5.74, 6) is 5.38. The minimum absolute atomic E-state index is 0.512. The molecular formula is C6H8N2O. The smallest absolute Gasteiger partial charge is 0.169 e. The summed E-state index contributed by atoms with van der Waals surface area (Å²) in [5.41, 5.74) is 5.98. The van der Waals surface area contributed by atoms with Crippen LogP contribution in [0.1, 0.15) is 0 Å². The number of anilines is 1. The van der Waals surface area contributed by atoms with E-state index >= 15 is 0 Å². The normalized spacial score (nSPS) is 9.00. The molecule has 1 aromatic carbocycles. The maximum atomic E-state index is 5.43. The number of nitrogens with two attached hydrogens (primary N) is 2. The molecule has 0 aliphatic carbocycles. The van der Waals surface area contributed by atoms with Gasteiger partial charge in [-0.2, -0.15) is 5.90 Å². The lowest BCUT2D eigenvalue weighted by molar-refractivity contribution is 0.336. The molecular weight excluding hydrogens is 116 g/mol. The van der Waals surface area contributed by atoms with Crippen molar-refractivity contribution >= 4 is 5.69 Å². The lowest BCUT2D eigenvalue weighted by atomic mass is 10.3. The van der Waals surface area contributed by atoms with Crippen LogP contribution in [0, 0.1) is 0 Å². The van der Waals surface area contributed by atoms with Gasteiger partial charge in [0.25, 0.3) is 0 Å². The predicted molar refractivity (Wildman–Crippen MR) is 35.7 cm³/mol. The Morgan fingerprint density at radius 2 is 1.89 bits per heavy atom. The fraction of sp³-hybridized carbons (Fsp3) is 0. The van der Waals surface area contributed by atoms with Crippen LogP contribution in [0.3, 0.4) is 0 Å². The molecule has 0 heterocycles. The van der Waals surface area contributed by atoms with Gasteiger partial charge in [0, 0.05) is 0 Å². The molecule has 1 aromatic rings. The Morgan fingerprint density at radius 1 is 1.22 bits per heavy atom. The van der Waals surface area contributed by atoms with Crippen molar-refractivity contribution < 1.29 is 4.84 Å². The van der Waals surface area contributed by atoms with Crippen molar-refractivity contribution in [2.45, 2.75) is 0 Å². The molecule has 0 aliphatic heterocycles. The van der Waals surface area contributed by atoms with E-state index in [9.17, 15) is 0 Å². The first-order chi connectivity index (χ1) is 4.34. The zero-order valence-corrected chi connectivity index (χ0v) is 4.87. The first-order valence-electron chi connectivity index (χ1n) is 2.56. The third-order valence-corrected chi connectivity index (χ3v) is 1.05. The molecule has 0 aromatic heterocycles. The van der Waals surface area contributed by atoms with Crippen LogP contribution in [0.5, 0.6) is 5.75 Å². The van der Waals surface area contributed by atoms with Gasteiger partial charge in [0.1, 0.15) is 0 Å². The largest absolute Gasteiger partial charge is 0.409 e. The molecule has 0 aliphatic rings. The first-order valence-corrected chi connectivity index (χ1v) is 2.56. The van der Waals surface area contributed by atoms with E-state index in [4.69, 9.17) is 11.6 Å². The molecule has 48 valence electrons. The van der Waals surface area contributed by atoms with Crippen molar-refractivity contribution in [3.05, 3.63) is 24.3 Å². The van der Waals surface area contributed by atoms with E-state index in [1.807, 2.05) is 6.07 Å². The number of para-hydroxylation sites is 2. The van der Waals surface area contributed by atoms with E-state index < -0.39 is 0 Å². The summed E-state index contributed by atoms with van der Waals surface area (Å²) in [4.78, 5) is 4.42. The minimum Gasteiger partial charge on any atom is -0.409 e. The lowest BCUT2D eigenvalue weighted by Gasteiger charge is -1.99. The Morgan fingerprint density at radius 3 is 2.33 bits per heavy atom. The summed E-state index contributed by atoms with van der Waals surface area (Å²) < 4.78 is 0. The Bertz CT molecular complexity index is 200. The van der Waals surface area contributed by atoms with Gasteiger partial charge in [0.15, 0.2) is 5.75 Å². The van der Waals surface area contributed by atoms with Gasteiger partial charge in [-0.15, -0.1) is 0 Å². The number of nitrogen functional groups attached to an aromatic ring is 1. The number of rotatable bonds is 1. The molecule has 0 saturated carbocycles. The van der Waals surface area contributed by atoms with Gasteiger partial charge >= 0.3 is 0 Å². The van der Waals surface area contributed by atoms with Crippen LogP contribution in [-0.2, 0) is 0 Å². The molecule has 0 fully saturated rings. The standard InChI is InChI=1S/C6H8N2O/c7-5-3-1-2-4-6(5)9-8/h1-4H,7-8H2. The van der Waals surface area contributed by atoms with Crippen LogP contribution in [0.2, 0.25) is 0 Å². The minimum atomic E-state index is 0.512. The summed E-state index contributed by atoms with van der Waals surface area (Å²) in [7, 11) is 0. The van der Waals surface area contributed by atoms with Gasteiger partial charge < -0.3 is 10.6 Å². The highest BCUT2D eigenvalue weighted by Crippen LogP contribution is 2.17. The Labute approximate surface area is 53.2 Å². The zero-order valence-electron chi connectivity index (χ0n) is 4.87. The van der Waals surface area contributed by atoms with Crippen LogP contribution in [0.15, 0.2) is 24.3 Å². The highest BCUT2D eigenvalue weighted by molar-refractivity contribution is 5.51. The summed E-state index contributed by atoms with van der Waals surface area (Å²) in [6.07, 6.45) is 0. The molecule has 0 atom stereocenters. The van der Waals surface area contributed by atoms with Gasteiger partial charge in [0.2, 0.25) is 0 Å². The van der Waals surface area contributed by atoms with Crippen molar-refractivity contribution in [1.82, 2.24) is 0 Å². The SMILES string of the molecule is NOc1ccccc1N. The topological polar surface area (TPSA) is 61.3 Å². The maximum Gasteiger partial charge on any atom is 0.169 e. The molecule has 0 radical (unpaired) electrons. The summed E-state index contributed by atoms with van der Waals surface area (Å²) in [6, 6.07) is 7.05. The summed E-state index contributed by atoms with van der Waals surface area (Å²) in [6.45, 7) is 0. The fourth-order valence-corrected chi connectivity index (χ4v) is 0.588. The average molecular weight is 124 g/mol. The lowest BCUT2D eigenvalue weighted by Crippen LogP contribution is -2.03. The molecule has 0 unspecified atom stereocenters. The second kappa shape index (κ2) is 2.37. The maximum absolute atomic E-state index is 5.43. The van der Waals surface area contributed by atoms with Crippen LogP contribution in [0.25, 0.3) is 0 Å². The summed E-state index contributed by atoms with van der Waals surface area (Å²) >= 11 is 0. The summed E-state index contributed by atoms with van der Waals surface area (Å²) in [5, 5.41) is 0. The van der Waals surface area contributed by atoms with Crippen LogP contribution < -0.4 is 16.5 Å². The van der Waals surface area contributed by atoms with Crippen molar-refractivity contribution in [3.8, 4) is 5.75 Å². The molecule has 0 amide bonds. The quantitative estimate of drug-likeness (QED) is 0.424. The van der Waals surface area contributed by atoms with Gasteiger partial charge in [-0.25, -0.2) is 0 Å². The Hall–Kier alpha value is -1.22. The first kappa shape index (κ1) is 5.91. The Kier molecular flexibility index (Phi) is 1.55. The van der Waals surface area contributed by atoms with Crippen molar-refractivity contribution in [2.75, 3.05) is 5.73 Å². The van der Waals surface area contributed by atoms with E-state index in [0.29, 0.717) is 11.4 Å². The molecule has 0 spiro atoms. The van der Waals surface area contributed by atoms with Gasteiger partial charge in [0.05, 0.1) is 5.69 Å². The third kappa shape index (κ3) is 1.12. The second-order valence-electron chi connectivity index (χ2n) is 1.66. The molecule has 0 bridgehead atoms. The van der Waals surface area contributed by atoms with Crippen LogP contribution >= 0.6 is 0 Å². The highest BCUT2D eigenvalue weighted by atomic mass is 16.6.